The fraction of sp³-hybridized carbons (Fsp3) is 0.250. The van der Waals surface area contributed by atoms with Gasteiger partial charge in [0, 0.05) is 12.5 Å². The second kappa shape index (κ2) is 7.31. The highest BCUT2D eigenvalue weighted by Gasteiger charge is 2.06. The van der Waals surface area contributed by atoms with E-state index in [0.29, 0.717) is 18.0 Å². The molecule has 1 aromatic carbocycles. The van der Waals surface area contributed by atoms with Crippen molar-refractivity contribution in [2.45, 2.75) is 13.3 Å². The van der Waals surface area contributed by atoms with Crippen LogP contribution >= 0.6 is 0 Å². The van der Waals surface area contributed by atoms with Crippen LogP contribution in [0.25, 0.3) is 0 Å². The lowest BCUT2D eigenvalue weighted by molar-refractivity contribution is -0.115. The van der Waals surface area contributed by atoms with E-state index >= 15 is 0 Å². The molecule has 2 aromatic rings. The lowest BCUT2D eigenvalue weighted by Crippen LogP contribution is -2.10. The summed E-state index contributed by atoms with van der Waals surface area (Å²) in [6, 6.07) is 9.08. The zero-order valence-electron chi connectivity index (χ0n) is 12.8. The van der Waals surface area contributed by atoms with Gasteiger partial charge in [0.15, 0.2) is 0 Å². The van der Waals surface area contributed by atoms with Gasteiger partial charge in [-0.15, -0.1) is 0 Å². The number of rotatable bonds is 6. The summed E-state index contributed by atoms with van der Waals surface area (Å²) in [7, 11) is 3.21. The van der Waals surface area contributed by atoms with Crippen LogP contribution in [0.15, 0.2) is 36.5 Å². The molecule has 0 saturated carbocycles. The van der Waals surface area contributed by atoms with E-state index < -0.39 is 0 Å². The number of methoxy groups -OCH3 is 2. The average Bonchev–Trinajstić information content (AvgIpc) is 2.56. The molecule has 0 spiro atoms. The van der Waals surface area contributed by atoms with Gasteiger partial charge in [-0.1, -0.05) is 6.92 Å². The molecule has 0 bridgehead atoms. The van der Waals surface area contributed by atoms with E-state index in [2.05, 4.69) is 15.6 Å². The van der Waals surface area contributed by atoms with Crippen LogP contribution in [0.2, 0.25) is 0 Å². The van der Waals surface area contributed by atoms with Crippen molar-refractivity contribution in [1.82, 2.24) is 4.98 Å². The van der Waals surface area contributed by atoms with Crippen LogP contribution in [-0.2, 0) is 4.79 Å². The Hall–Kier alpha value is -2.76. The number of carbonyl (C=O) groups excluding carboxylic acids is 1. The third-order valence-corrected chi connectivity index (χ3v) is 3.04. The summed E-state index contributed by atoms with van der Waals surface area (Å²) in [6.45, 7) is 1.79. The molecule has 116 valence electrons. The molecule has 0 aliphatic heterocycles. The number of nitrogens with zero attached hydrogens (tertiary/aromatic N) is 1. The Morgan fingerprint density at radius 2 is 2.00 bits per heavy atom. The first-order valence-corrected chi connectivity index (χ1v) is 6.91. The lowest BCUT2D eigenvalue weighted by Gasteiger charge is -2.12. The predicted molar refractivity (Wildman–Crippen MR) is 86.0 cm³/mol. The molecule has 2 N–H and O–H groups in total. The topological polar surface area (TPSA) is 72.5 Å². The minimum absolute atomic E-state index is 0.0648. The van der Waals surface area contributed by atoms with E-state index in [1.54, 1.807) is 39.5 Å². The van der Waals surface area contributed by atoms with E-state index in [-0.39, 0.29) is 5.91 Å². The van der Waals surface area contributed by atoms with E-state index in [4.69, 9.17) is 9.47 Å². The molecule has 6 nitrogen and oxygen atoms in total. The number of nitrogens with one attached hydrogen (secondary N) is 2. The second-order valence-electron chi connectivity index (χ2n) is 4.53. The standard InChI is InChI=1S/C16H19N3O3/c1-4-16(20)19-15-8-5-11(10-17-15)18-13-7-6-12(21-2)9-14(13)22-3/h5-10,18H,4H2,1-3H3,(H,17,19,20). The summed E-state index contributed by atoms with van der Waals surface area (Å²) < 4.78 is 10.5. The molecule has 2 rings (SSSR count). The van der Waals surface area contributed by atoms with Crippen molar-refractivity contribution in [2.24, 2.45) is 0 Å². The number of pyridine rings is 1. The van der Waals surface area contributed by atoms with Gasteiger partial charge in [-0.05, 0) is 24.3 Å². The molecule has 0 aliphatic carbocycles. The maximum atomic E-state index is 11.3. The molecule has 0 radical (unpaired) electrons. The highest BCUT2D eigenvalue weighted by molar-refractivity contribution is 5.89. The van der Waals surface area contributed by atoms with Crippen molar-refractivity contribution < 1.29 is 14.3 Å². The monoisotopic (exact) mass is 301 g/mol. The van der Waals surface area contributed by atoms with Gasteiger partial charge in [0.1, 0.15) is 17.3 Å². The molecular formula is C16H19N3O3. The van der Waals surface area contributed by atoms with Crippen LogP contribution in [0.5, 0.6) is 11.5 Å². The maximum Gasteiger partial charge on any atom is 0.225 e. The Labute approximate surface area is 129 Å². The van der Waals surface area contributed by atoms with Gasteiger partial charge in [-0.25, -0.2) is 4.98 Å². The van der Waals surface area contributed by atoms with E-state index in [0.717, 1.165) is 17.1 Å². The van der Waals surface area contributed by atoms with Crippen LogP contribution in [0, 0.1) is 0 Å². The predicted octanol–water partition coefficient (Wildman–Crippen LogP) is 3.19. The molecule has 0 unspecified atom stereocenters. The Bertz CT molecular complexity index is 642. The van der Waals surface area contributed by atoms with Gasteiger partial charge in [-0.2, -0.15) is 0 Å². The number of hydrogen-bond donors (Lipinski definition) is 2. The lowest BCUT2D eigenvalue weighted by atomic mass is 10.2. The number of benzene rings is 1. The zero-order valence-corrected chi connectivity index (χ0v) is 12.8. The summed E-state index contributed by atoms with van der Waals surface area (Å²) in [5.74, 6) is 1.85. The molecule has 1 aromatic heterocycles. The molecule has 1 heterocycles. The Kier molecular flexibility index (Phi) is 5.19. The summed E-state index contributed by atoms with van der Waals surface area (Å²) in [5.41, 5.74) is 1.59. The van der Waals surface area contributed by atoms with Crippen molar-refractivity contribution in [2.75, 3.05) is 24.9 Å². The van der Waals surface area contributed by atoms with E-state index in [1.807, 2.05) is 18.2 Å². The quantitative estimate of drug-likeness (QED) is 0.857. The largest absolute Gasteiger partial charge is 0.497 e. The van der Waals surface area contributed by atoms with Crippen molar-refractivity contribution in [3.63, 3.8) is 0 Å². The van der Waals surface area contributed by atoms with Crippen molar-refractivity contribution >= 4 is 23.1 Å². The smallest absolute Gasteiger partial charge is 0.225 e. The third-order valence-electron chi connectivity index (χ3n) is 3.04. The van der Waals surface area contributed by atoms with Gasteiger partial charge < -0.3 is 20.1 Å². The van der Waals surface area contributed by atoms with Crippen LogP contribution in [0.3, 0.4) is 0 Å². The molecule has 0 saturated heterocycles. The minimum atomic E-state index is -0.0648. The van der Waals surface area contributed by atoms with Crippen LogP contribution < -0.4 is 20.1 Å². The fourth-order valence-corrected chi connectivity index (χ4v) is 1.83. The number of hydrogen-bond acceptors (Lipinski definition) is 5. The molecule has 0 atom stereocenters. The first kappa shape index (κ1) is 15.6. The van der Waals surface area contributed by atoms with Crippen molar-refractivity contribution in [3.05, 3.63) is 36.5 Å². The van der Waals surface area contributed by atoms with Gasteiger partial charge in [-0.3, -0.25) is 4.79 Å². The zero-order chi connectivity index (χ0) is 15.9. The Morgan fingerprint density at radius 1 is 1.18 bits per heavy atom. The summed E-state index contributed by atoms with van der Waals surface area (Å²) >= 11 is 0. The molecule has 1 amide bonds. The number of aromatic nitrogens is 1. The highest BCUT2D eigenvalue weighted by atomic mass is 16.5. The van der Waals surface area contributed by atoms with Crippen LogP contribution in [-0.4, -0.2) is 25.1 Å². The van der Waals surface area contributed by atoms with Gasteiger partial charge >= 0.3 is 0 Å². The first-order chi connectivity index (χ1) is 10.7. The van der Waals surface area contributed by atoms with Gasteiger partial charge in [0.2, 0.25) is 5.91 Å². The van der Waals surface area contributed by atoms with Gasteiger partial charge in [0.05, 0.1) is 31.8 Å². The average molecular weight is 301 g/mol. The first-order valence-electron chi connectivity index (χ1n) is 6.91. The number of carbonyl (C=O) groups is 1. The second-order valence-corrected chi connectivity index (χ2v) is 4.53. The molecule has 6 heteroatoms. The van der Waals surface area contributed by atoms with E-state index in [1.165, 1.54) is 0 Å². The SMILES string of the molecule is CCC(=O)Nc1ccc(Nc2ccc(OC)cc2OC)cn1. The van der Waals surface area contributed by atoms with Crippen molar-refractivity contribution in [3.8, 4) is 11.5 Å². The Morgan fingerprint density at radius 3 is 2.59 bits per heavy atom. The maximum absolute atomic E-state index is 11.3. The Balaban J connectivity index is 2.12. The summed E-state index contributed by atoms with van der Waals surface area (Å²) in [6.07, 6.45) is 2.07. The molecule has 22 heavy (non-hydrogen) atoms. The van der Waals surface area contributed by atoms with Crippen LogP contribution in [0.1, 0.15) is 13.3 Å². The summed E-state index contributed by atoms with van der Waals surface area (Å²) in [5, 5.41) is 5.91. The van der Waals surface area contributed by atoms with Gasteiger partial charge in [0.25, 0.3) is 0 Å². The number of amides is 1. The molecule has 0 aliphatic rings. The number of ether oxygens (including phenoxy) is 2. The highest BCUT2D eigenvalue weighted by Crippen LogP contribution is 2.31. The molecular weight excluding hydrogens is 282 g/mol. The normalized spacial score (nSPS) is 9.95. The van der Waals surface area contributed by atoms with Crippen molar-refractivity contribution in [1.29, 1.82) is 0 Å². The number of anilines is 3. The van der Waals surface area contributed by atoms with Crippen LogP contribution in [0.4, 0.5) is 17.2 Å². The van der Waals surface area contributed by atoms with E-state index in [9.17, 15) is 4.79 Å². The minimum Gasteiger partial charge on any atom is -0.497 e. The fourth-order valence-electron chi connectivity index (χ4n) is 1.83. The third kappa shape index (κ3) is 3.88. The molecule has 0 fully saturated rings. The summed E-state index contributed by atoms with van der Waals surface area (Å²) in [4.78, 5) is 15.5.